The summed E-state index contributed by atoms with van der Waals surface area (Å²) in [5.41, 5.74) is 4.07. The summed E-state index contributed by atoms with van der Waals surface area (Å²) in [5.74, 6) is -1.92. The van der Waals surface area contributed by atoms with E-state index in [1.165, 1.54) is 10.1 Å². The van der Waals surface area contributed by atoms with Gasteiger partial charge in [0.15, 0.2) is 12.4 Å². The minimum atomic E-state index is -3.13. The van der Waals surface area contributed by atoms with Crippen molar-refractivity contribution in [3.8, 4) is 5.75 Å². The molecule has 1 aliphatic carbocycles. The number of piperidine rings is 3. The lowest BCUT2D eigenvalue weighted by atomic mass is 9.84. The molecule has 0 radical (unpaired) electrons. The number of nitrogens with one attached hydrogen (secondary N) is 3. The number of hydrogen-bond donors (Lipinski definition) is 3. The van der Waals surface area contributed by atoms with Gasteiger partial charge in [-0.2, -0.15) is 10.1 Å². The maximum absolute atomic E-state index is 15.2. The highest BCUT2D eigenvalue weighted by Crippen LogP contribution is 2.46. The van der Waals surface area contributed by atoms with Crippen LogP contribution in [0, 0.1) is 17.8 Å². The average Bonchev–Trinajstić information content (AvgIpc) is 4.06. The Morgan fingerprint density at radius 2 is 1.77 bits per heavy atom. The number of fused-ring (bicyclic) bond motifs is 4. The topological polar surface area (TPSA) is 152 Å². The first-order valence-corrected chi connectivity index (χ1v) is 22.2. The quantitative estimate of drug-likeness (QED) is 0.143. The molecule has 5 aromatic rings. The maximum atomic E-state index is 15.2. The number of rotatable bonds is 8. The summed E-state index contributed by atoms with van der Waals surface area (Å²) in [7, 11) is 3.53. The monoisotopic (exact) mass is 868 g/mol. The van der Waals surface area contributed by atoms with Gasteiger partial charge in [0.05, 0.1) is 40.6 Å². The Balaban J connectivity index is 0.777. The Morgan fingerprint density at radius 3 is 2.53 bits per heavy atom. The Hall–Kier alpha value is -5.35. The molecule has 3 aromatic heterocycles. The second kappa shape index (κ2) is 15.8. The molecule has 2 amide bonds. The minimum Gasteiger partial charge on any atom is -0.480 e. The number of pyridine rings is 1. The van der Waals surface area contributed by atoms with Gasteiger partial charge in [-0.15, -0.1) is 0 Å². The van der Waals surface area contributed by atoms with Gasteiger partial charge in [-0.25, -0.2) is 13.8 Å². The predicted octanol–water partition coefficient (Wildman–Crippen LogP) is 6.69. The van der Waals surface area contributed by atoms with E-state index in [1.54, 1.807) is 19.3 Å². The van der Waals surface area contributed by atoms with Gasteiger partial charge in [0.25, 0.3) is 5.56 Å². The van der Waals surface area contributed by atoms with Gasteiger partial charge in [0, 0.05) is 56.6 Å². The molecule has 0 spiro atoms. The summed E-state index contributed by atoms with van der Waals surface area (Å²) in [4.78, 5) is 51.9. The number of nitrogens with zero attached hydrogens (tertiary/aromatic N) is 7. The number of aromatic nitrogens is 5. The third-order valence-corrected chi connectivity index (χ3v) is 14.3. The highest BCUT2D eigenvalue weighted by atomic mass is 35.5. The number of carbonyl (C=O) groups is 2. The molecule has 5 aliphatic rings. The largest absolute Gasteiger partial charge is 0.480 e. The van der Waals surface area contributed by atoms with Crippen molar-refractivity contribution < 1.29 is 23.1 Å². The molecule has 2 aromatic carbocycles. The number of halogens is 3. The molecule has 3 saturated heterocycles. The van der Waals surface area contributed by atoms with E-state index < -0.39 is 30.0 Å². The molecule has 2 unspecified atom stereocenters. The molecular weight excluding hydrogens is 818 g/mol. The van der Waals surface area contributed by atoms with Crippen molar-refractivity contribution in [3.05, 3.63) is 69.2 Å². The van der Waals surface area contributed by atoms with Crippen molar-refractivity contribution >= 4 is 68.4 Å². The van der Waals surface area contributed by atoms with Crippen LogP contribution >= 0.6 is 11.6 Å². The standard InChI is InChI=1S/C45H51ClF2N10O4/c1-24-21-58(17-14-28(24)22-57-15-12-25(13-16-57)27-6-8-30-35(18-27)56(3)54-37(30)31-9-11-36(59)51-42(31)60)44-49-20-33(46)41(53-44)50-29-7-10-34-32(19-29)38-39(43(61)55(34)2)62-23-45(47,48)40(52-38)26-4-5-26/h6-8,10,18-20,24-26,28,31,40,52H,4-5,9,11-17,21-23H2,1-3H3,(H,49,50,53)(H,51,59,60)/t24-,28-,31?,40?/m1/s1. The van der Waals surface area contributed by atoms with Crippen molar-refractivity contribution in [2.24, 2.45) is 31.8 Å². The fourth-order valence-electron chi connectivity index (χ4n) is 10.2. The molecule has 4 fully saturated rings. The molecule has 4 aliphatic heterocycles. The normalized spacial score (nSPS) is 24.6. The first-order valence-electron chi connectivity index (χ1n) is 21.8. The van der Waals surface area contributed by atoms with E-state index in [1.807, 2.05) is 23.9 Å². The lowest BCUT2D eigenvalue weighted by Gasteiger charge is -2.41. The number of anilines is 4. The summed E-state index contributed by atoms with van der Waals surface area (Å²) in [5, 5.41) is 15.5. The third-order valence-electron chi connectivity index (χ3n) is 14.0. The van der Waals surface area contributed by atoms with Gasteiger partial charge in [0.2, 0.25) is 23.5 Å². The third kappa shape index (κ3) is 7.52. The maximum Gasteiger partial charge on any atom is 0.301 e. The van der Waals surface area contributed by atoms with E-state index in [0.29, 0.717) is 76.8 Å². The van der Waals surface area contributed by atoms with Crippen LogP contribution in [0.2, 0.25) is 5.02 Å². The SMILES string of the molecule is C[C@@H]1CN(c2ncc(Cl)c(Nc3ccc4c(c3)c3c(c(=O)n4C)OCC(F)(F)C(C4CC4)N3)n2)CC[C@@H]1CN1CCC(c2ccc3c(C4CCC(=O)NC4=O)nn(C)c3c2)CC1. The summed E-state index contributed by atoms with van der Waals surface area (Å²) < 4.78 is 39.2. The van der Waals surface area contributed by atoms with Gasteiger partial charge in [-0.3, -0.25) is 24.4 Å². The number of carbonyl (C=O) groups excluding carboxylic acids is 2. The fourth-order valence-corrected chi connectivity index (χ4v) is 10.4. The number of hydrogen-bond acceptors (Lipinski definition) is 11. The van der Waals surface area contributed by atoms with Crippen LogP contribution in [-0.2, 0) is 23.7 Å². The summed E-state index contributed by atoms with van der Waals surface area (Å²) in [6.45, 7) is 6.17. The lowest BCUT2D eigenvalue weighted by molar-refractivity contribution is -0.134. The van der Waals surface area contributed by atoms with E-state index in [4.69, 9.17) is 26.4 Å². The highest BCUT2D eigenvalue weighted by molar-refractivity contribution is 6.33. The predicted molar refractivity (Wildman–Crippen MR) is 234 cm³/mol. The van der Waals surface area contributed by atoms with Crippen LogP contribution in [-0.4, -0.2) is 92.3 Å². The molecule has 0 bridgehead atoms. The van der Waals surface area contributed by atoms with E-state index in [2.05, 4.69) is 55.9 Å². The van der Waals surface area contributed by atoms with E-state index >= 15 is 8.78 Å². The van der Waals surface area contributed by atoms with Crippen LogP contribution in [0.1, 0.15) is 75.0 Å². The molecule has 14 nitrogen and oxygen atoms in total. The Kier molecular flexibility index (Phi) is 10.4. The number of aryl methyl sites for hydroxylation is 2. The zero-order valence-electron chi connectivity index (χ0n) is 35.1. The summed E-state index contributed by atoms with van der Waals surface area (Å²) in [6.07, 6.45) is 6.97. The van der Waals surface area contributed by atoms with Gasteiger partial charge < -0.3 is 29.7 Å². The van der Waals surface area contributed by atoms with Gasteiger partial charge >= 0.3 is 5.92 Å². The number of benzene rings is 2. The van der Waals surface area contributed by atoms with Crippen LogP contribution in [0.5, 0.6) is 5.75 Å². The number of alkyl halides is 2. The molecule has 7 heterocycles. The van der Waals surface area contributed by atoms with Crippen molar-refractivity contribution in [2.45, 2.75) is 75.7 Å². The first kappa shape index (κ1) is 40.7. The van der Waals surface area contributed by atoms with Gasteiger partial charge in [-0.1, -0.05) is 30.7 Å². The second-order valence-corrected chi connectivity index (χ2v) is 18.5. The Labute approximate surface area is 362 Å². The summed E-state index contributed by atoms with van der Waals surface area (Å²) >= 11 is 6.66. The fraction of sp³-hybridized carbons (Fsp3) is 0.511. The minimum absolute atomic E-state index is 0.104. The lowest BCUT2D eigenvalue weighted by Crippen LogP contribution is -2.45. The molecule has 4 atom stereocenters. The van der Waals surface area contributed by atoms with Crippen LogP contribution in [0.3, 0.4) is 0 Å². The average molecular weight is 869 g/mol. The zero-order chi connectivity index (χ0) is 43.0. The first-order chi connectivity index (χ1) is 29.8. The Morgan fingerprint density at radius 1 is 0.968 bits per heavy atom. The number of amides is 2. The molecule has 17 heteroatoms. The van der Waals surface area contributed by atoms with Crippen molar-refractivity contribution in [1.29, 1.82) is 0 Å². The van der Waals surface area contributed by atoms with Crippen molar-refractivity contribution in [1.82, 2.24) is 34.5 Å². The van der Waals surface area contributed by atoms with Crippen molar-refractivity contribution in [2.75, 3.05) is 54.9 Å². The van der Waals surface area contributed by atoms with Crippen LogP contribution in [0.15, 0.2) is 47.4 Å². The van der Waals surface area contributed by atoms with Crippen molar-refractivity contribution in [3.63, 3.8) is 0 Å². The van der Waals surface area contributed by atoms with E-state index in [9.17, 15) is 14.4 Å². The smallest absolute Gasteiger partial charge is 0.301 e. The zero-order valence-corrected chi connectivity index (χ0v) is 35.9. The number of likely N-dealkylation sites (tertiary alicyclic amines) is 1. The van der Waals surface area contributed by atoms with Crippen LogP contribution < -0.4 is 31.1 Å². The van der Waals surface area contributed by atoms with Crippen LogP contribution in [0.4, 0.5) is 31.9 Å². The second-order valence-electron chi connectivity index (χ2n) is 18.1. The summed E-state index contributed by atoms with van der Waals surface area (Å²) in [6, 6.07) is 10.8. The molecule has 62 heavy (non-hydrogen) atoms. The number of ether oxygens (including phenoxy) is 1. The highest BCUT2D eigenvalue weighted by Gasteiger charge is 2.51. The molecule has 3 N–H and O–H groups in total. The molecule has 326 valence electrons. The molecule has 1 saturated carbocycles. The molecule has 10 rings (SSSR count). The number of imide groups is 1. The van der Waals surface area contributed by atoms with Gasteiger partial charge in [-0.05, 0) is 105 Å². The van der Waals surface area contributed by atoms with Gasteiger partial charge in [0.1, 0.15) is 5.02 Å². The van der Waals surface area contributed by atoms with E-state index in [-0.39, 0.29) is 29.2 Å². The van der Waals surface area contributed by atoms with Crippen LogP contribution in [0.25, 0.3) is 21.8 Å². The van der Waals surface area contributed by atoms with E-state index in [0.717, 1.165) is 68.6 Å². The Bertz CT molecular complexity index is 2660. The molecular formula is C45H51ClF2N10O4.